The van der Waals surface area contributed by atoms with Crippen molar-refractivity contribution in [3.8, 4) is 0 Å². The molecule has 0 spiro atoms. The van der Waals surface area contributed by atoms with E-state index in [1.165, 1.54) is 0 Å². The van der Waals surface area contributed by atoms with Crippen LogP contribution in [0.1, 0.15) is 19.4 Å². The smallest absolute Gasteiger partial charge is 0.326 e. The molecule has 19 heavy (non-hydrogen) atoms. The van der Waals surface area contributed by atoms with Gasteiger partial charge in [0.15, 0.2) is 0 Å². The van der Waals surface area contributed by atoms with E-state index in [9.17, 15) is 9.59 Å². The van der Waals surface area contributed by atoms with Crippen molar-refractivity contribution in [2.75, 3.05) is 0 Å². The fourth-order valence-corrected chi connectivity index (χ4v) is 1.62. The molecular weight excluding hydrogens is 244 g/mol. The number of carbonyl (C=O) groups excluding carboxylic acids is 1. The molecule has 5 heteroatoms. The second kappa shape index (κ2) is 6.89. The molecule has 104 valence electrons. The molecule has 0 saturated heterocycles. The summed E-state index contributed by atoms with van der Waals surface area (Å²) in [5.41, 5.74) is 6.55. The standard InChI is InChI=1S/C14H20N2O3/c1-9(2)12(15)13(17)16-11(14(18)19)8-10-6-4-3-5-7-10/h3-7,9,11-12H,8,15H2,1-2H3,(H,16,17)(H,18,19)/t11-,12?/m0/s1. The molecule has 0 aliphatic heterocycles. The van der Waals surface area contributed by atoms with Crippen LogP contribution in [-0.4, -0.2) is 29.1 Å². The second-order valence-electron chi connectivity index (χ2n) is 4.86. The largest absolute Gasteiger partial charge is 0.480 e. The fraction of sp³-hybridized carbons (Fsp3) is 0.429. The van der Waals surface area contributed by atoms with Crippen LogP contribution in [0.2, 0.25) is 0 Å². The highest BCUT2D eigenvalue weighted by Crippen LogP contribution is 2.05. The maximum absolute atomic E-state index is 11.8. The Kier molecular flexibility index (Phi) is 5.51. The van der Waals surface area contributed by atoms with E-state index in [-0.39, 0.29) is 12.3 Å². The van der Waals surface area contributed by atoms with Crippen LogP contribution in [0.3, 0.4) is 0 Å². The summed E-state index contributed by atoms with van der Waals surface area (Å²) in [6, 6.07) is 7.50. The number of carboxylic acid groups (broad SMARTS) is 1. The van der Waals surface area contributed by atoms with Gasteiger partial charge in [-0.25, -0.2) is 4.79 Å². The van der Waals surface area contributed by atoms with Crippen molar-refractivity contribution in [3.63, 3.8) is 0 Å². The van der Waals surface area contributed by atoms with E-state index < -0.39 is 24.0 Å². The summed E-state index contributed by atoms with van der Waals surface area (Å²) in [6.45, 7) is 3.63. The molecule has 0 aromatic heterocycles. The molecule has 2 atom stereocenters. The number of carboxylic acids is 1. The highest BCUT2D eigenvalue weighted by Gasteiger charge is 2.24. The lowest BCUT2D eigenvalue weighted by molar-refractivity contribution is -0.142. The van der Waals surface area contributed by atoms with Crippen LogP contribution in [0.4, 0.5) is 0 Å². The molecule has 0 aliphatic rings. The summed E-state index contributed by atoms with van der Waals surface area (Å²) in [7, 11) is 0. The van der Waals surface area contributed by atoms with E-state index in [0.717, 1.165) is 5.56 Å². The summed E-state index contributed by atoms with van der Waals surface area (Å²) in [5, 5.41) is 11.6. The Morgan fingerprint density at radius 1 is 1.26 bits per heavy atom. The summed E-state index contributed by atoms with van der Waals surface area (Å²) in [6.07, 6.45) is 0.243. The Bertz CT molecular complexity index is 432. The SMILES string of the molecule is CC(C)C(N)C(=O)N[C@@H](Cc1ccccc1)C(=O)O. The molecule has 0 aliphatic carbocycles. The van der Waals surface area contributed by atoms with Crippen LogP contribution in [0.25, 0.3) is 0 Å². The van der Waals surface area contributed by atoms with Crippen LogP contribution in [0, 0.1) is 5.92 Å². The number of hydrogen-bond donors (Lipinski definition) is 3. The van der Waals surface area contributed by atoms with Gasteiger partial charge in [0, 0.05) is 6.42 Å². The zero-order chi connectivity index (χ0) is 14.4. The average molecular weight is 264 g/mol. The van der Waals surface area contributed by atoms with Gasteiger partial charge in [-0.3, -0.25) is 4.79 Å². The minimum atomic E-state index is -1.06. The van der Waals surface area contributed by atoms with Gasteiger partial charge in [0.2, 0.25) is 5.91 Å². The van der Waals surface area contributed by atoms with Crippen LogP contribution in [-0.2, 0) is 16.0 Å². The summed E-state index contributed by atoms with van der Waals surface area (Å²) >= 11 is 0. The minimum Gasteiger partial charge on any atom is -0.480 e. The van der Waals surface area contributed by atoms with Crippen molar-refractivity contribution in [1.29, 1.82) is 0 Å². The van der Waals surface area contributed by atoms with Crippen molar-refractivity contribution in [2.45, 2.75) is 32.4 Å². The van der Waals surface area contributed by atoms with Crippen molar-refractivity contribution in [3.05, 3.63) is 35.9 Å². The number of rotatable bonds is 6. The number of aliphatic carboxylic acids is 1. The third-order valence-corrected chi connectivity index (χ3v) is 2.92. The molecule has 0 saturated carbocycles. The Morgan fingerprint density at radius 3 is 2.32 bits per heavy atom. The predicted molar refractivity (Wildman–Crippen MR) is 72.5 cm³/mol. The molecule has 5 nitrogen and oxygen atoms in total. The van der Waals surface area contributed by atoms with Gasteiger partial charge in [-0.15, -0.1) is 0 Å². The van der Waals surface area contributed by atoms with E-state index >= 15 is 0 Å². The number of carbonyl (C=O) groups is 2. The highest BCUT2D eigenvalue weighted by molar-refractivity contribution is 5.87. The summed E-state index contributed by atoms with van der Waals surface area (Å²) in [5.74, 6) is -1.53. The van der Waals surface area contributed by atoms with Crippen LogP contribution in [0.5, 0.6) is 0 Å². The Morgan fingerprint density at radius 2 is 1.84 bits per heavy atom. The fourth-order valence-electron chi connectivity index (χ4n) is 1.62. The summed E-state index contributed by atoms with van der Waals surface area (Å²) < 4.78 is 0. The minimum absolute atomic E-state index is 0.0360. The number of benzene rings is 1. The second-order valence-corrected chi connectivity index (χ2v) is 4.86. The number of nitrogens with two attached hydrogens (primary N) is 1. The predicted octanol–water partition coefficient (Wildman–Crippen LogP) is 0.782. The molecule has 1 amide bonds. The normalized spacial score (nSPS) is 13.9. The van der Waals surface area contributed by atoms with Gasteiger partial charge < -0.3 is 16.2 Å². The van der Waals surface area contributed by atoms with Crippen LogP contribution in [0.15, 0.2) is 30.3 Å². The molecule has 0 bridgehead atoms. The first kappa shape index (κ1) is 15.2. The molecule has 1 rings (SSSR count). The monoisotopic (exact) mass is 264 g/mol. The molecule has 4 N–H and O–H groups in total. The van der Waals surface area contributed by atoms with Crippen molar-refractivity contribution >= 4 is 11.9 Å². The number of amides is 1. The molecule has 0 radical (unpaired) electrons. The van der Waals surface area contributed by atoms with Crippen molar-refractivity contribution < 1.29 is 14.7 Å². The third-order valence-electron chi connectivity index (χ3n) is 2.92. The molecule has 1 aromatic rings. The number of hydrogen-bond acceptors (Lipinski definition) is 3. The van der Waals surface area contributed by atoms with Crippen LogP contribution < -0.4 is 11.1 Å². The summed E-state index contributed by atoms with van der Waals surface area (Å²) in [4.78, 5) is 23.0. The number of nitrogens with one attached hydrogen (secondary N) is 1. The third kappa shape index (κ3) is 4.71. The molecule has 1 aromatic carbocycles. The Hall–Kier alpha value is -1.88. The highest BCUT2D eigenvalue weighted by atomic mass is 16.4. The molecule has 0 fully saturated rings. The van der Waals surface area contributed by atoms with Gasteiger partial charge in [-0.1, -0.05) is 44.2 Å². The van der Waals surface area contributed by atoms with Crippen LogP contribution >= 0.6 is 0 Å². The zero-order valence-electron chi connectivity index (χ0n) is 11.2. The van der Waals surface area contributed by atoms with Crippen molar-refractivity contribution in [2.24, 2.45) is 11.7 Å². The van der Waals surface area contributed by atoms with Gasteiger partial charge in [0.1, 0.15) is 6.04 Å². The lowest BCUT2D eigenvalue weighted by Crippen LogP contribution is -2.51. The lowest BCUT2D eigenvalue weighted by atomic mass is 10.0. The quantitative estimate of drug-likeness (QED) is 0.708. The first-order valence-electron chi connectivity index (χ1n) is 6.24. The van der Waals surface area contributed by atoms with E-state index in [1.54, 1.807) is 0 Å². The topological polar surface area (TPSA) is 92.4 Å². The first-order valence-corrected chi connectivity index (χ1v) is 6.24. The van der Waals surface area contributed by atoms with E-state index in [1.807, 2.05) is 44.2 Å². The van der Waals surface area contributed by atoms with Gasteiger partial charge in [0.25, 0.3) is 0 Å². The maximum Gasteiger partial charge on any atom is 0.326 e. The van der Waals surface area contributed by atoms with Gasteiger partial charge in [0.05, 0.1) is 6.04 Å². The van der Waals surface area contributed by atoms with E-state index in [2.05, 4.69) is 5.32 Å². The molecule has 1 unspecified atom stereocenters. The average Bonchev–Trinajstić information content (AvgIpc) is 2.37. The van der Waals surface area contributed by atoms with Gasteiger partial charge >= 0.3 is 5.97 Å². The van der Waals surface area contributed by atoms with E-state index in [4.69, 9.17) is 10.8 Å². The Labute approximate surface area is 112 Å². The maximum atomic E-state index is 11.8. The molecule has 0 heterocycles. The zero-order valence-corrected chi connectivity index (χ0v) is 11.2. The van der Waals surface area contributed by atoms with Crippen molar-refractivity contribution in [1.82, 2.24) is 5.32 Å². The van der Waals surface area contributed by atoms with Gasteiger partial charge in [-0.05, 0) is 11.5 Å². The molecular formula is C14H20N2O3. The lowest BCUT2D eigenvalue weighted by Gasteiger charge is -2.19. The van der Waals surface area contributed by atoms with Gasteiger partial charge in [-0.2, -0.15) is 0 Å². The Balaban J connectivity index is 2.69. The first-order chi connectivity index (χ1) is 8.91. The van der Waals surface area contributed by atoms with E-state index in [0.29, 0.717) is 0 Å².